The van der Waals surface area contributed by atoms with E-state index >= 15 is 0 Å². The molecule has 428 valence electrons. The summed E-state index contributed by atoms with van der Waals surface area (Å²) in [7, 11) is 4.34. The summed E-state index contributed by atoms with van der Waals surface area (Å²) in [6.07, 6.45) is 4.21. The van der Waals surface area contributed by atoms with Crippen LogP contribution >= 0.6 is 0 Å². The zero-order valence-electron chi connectivity index (χ0n) is 51.3. The fourth-order valence-electron chi connectivity index (χ4n) is 15.1. The fourth-order valence-corrected chi connectivity index (χ4v) is 15.1. The molecule has 0 saturated heterocycles. The van der Waals surface area contributed by atoms with E-state index in [0.29, 0.717) is 0 Å². The number of rotatable bonds is 11. The molecule has 0 unspecified atom stereocenters. The average molecular weight is 1310 g/mol. The summed E-state index contributed by atoms with van der Waals surface area (Å²) in [5.41, 5.74) is 26.7. The van der Waals surface area contributed by atoms with Crippen LogP contribution in [0.25, 0.3) is 123 Å². The quantitative estimate of drug-likeness (QED) is 0.121. The van der Waals surface area contributed by atoms with Crippen LogP contribution in [0.3, 0.4) is 0 Å². The summed E-state index contributed by atoms with van der Waals surface area (Å²) < 4.78 is 4.62. The van der Waals surface area contributed by atoms with Gasteiger partial charge in [0.05, 0.1) is 23.0 Å². The Morgan fingerprint density at radius 1 is 0.345 bits per heavy atom. The molecule has 0 saturated carbocycles. The van der Waals surface area contributed by atoms with Gasteiger partial charge in [-0.05, 0) is 97.9 Å². The number of hydrogen-bond donors (Lipinski definition) is 0. The van der Waals surface area contributed by atoms with Crippen molar-refractivity contribution in [3.8, 4) is 123 Å². The summed E-state index contributed by atoms with van der Waals surface area (Å²) in [5.74, 6) is 1.92. The molecule has 2 aliphatic carbocycles. The van der Waals surface area contributed by atoms with Crippen molar-refractivity contribution in [3.05, 3.63) is 259 Å². The molecule has 0 atom stereocenters. The Morgan fingerprint density at radius 2 is 0.747 bits per heavy atom. The molecule has 0 amide bonds. The average Bonchev–Trinajstić information content (AvgIpc) is 1.63. The van der Waals surface area contributed by atoms with E-state index in [4.69, 9.17) is 15.0 Å². The van der Waals surface area contributed by atoms with Crippen LogP contribution in [0.1, 0.15) is 91.0 Å². The van der Waals surface area contributed by atoms with Crippen molar-refractivity contribution in [3.63, 3.8) is 0 Å². The Balaban J connectivity index is 0.00000700. The molecule has 12 aromatic rings. The van der Waals surface area contributed by atoms with Crippen LogP contribution in [-0.2, 0) is 55.9 Å². The zero-order valence-corrected chi connectivity index (χ0v) is 53.7. The maximum atomic E-state index is 5.33. The Labute approximate surface area is 527 Å². The van der Waals surface area contributed by atoms with Crippen LogP contribution in [0, 0.1) is 18.2 Å². The first kappa shape index (κ1) is 57.3. The Hall–Kier alpha value is -8.80. The molecule has 0 fully saturated rings. The van der Waals surface area contributed by atoms with Gasteiger partial charge in [0.15, 0.2) is 0 Å². The molecular weight excluding hydrogens is 1240 g/mol. The van der Waals surface area contributed by atoms with Gasteiger partial charge < -0.3 is 14.1 Å². The first-order valence-corrected chi connectivity index (χ1v) is 30.2. The van der Waals surface area contributed by atoms with Gasteiger partial charge in [0.25, 0.3) is 0 Å². The summed E-state index contributed by atoms with van der Waals surface area (Å²) in [6.45, 7) is 18.7. The molecule has 9 aromatic carbocycles. The van der Waals surface area contributed by atoms with E-state index in [9.17, 15) is 0 Å². The van der Waals surface area contributed by atoms with Crippen LogP contribution in [0.15, 0.2) is 219 Å². The maximum absolute atomic E-state index is 5.33. The van der Waals surface area contributed by atoms with Gasteiger partial charge in [0, 0.05) is 58.9 Å². The van der Waals surface area contributed by atoms with Gasteiger partial charge in [-0.25, -0.2) is 0 Å². The minimum absolute atomic E-state index is 0. The van der Waals surface area contributed by atoms with Crippen LogP contribution < -0.4 is 0 Å². The molecule has 6 heteroatoms. The molecule has 0 N–H and O–H groups in total. The topological polar surface area (TPSA) is 48.5 Å². The smallest absolute Gasteiger partial charge is 0.370 e. The number of pyridine rings is 1. The van der Waals surface area contributed by atoms with Gasteiger partial charge in [0.2, 0.25) is 0 Å². The summed E-state index contributed by atoms with van der Waals surface area (Å²) >= 11 is 0. The van der Waals surface area contributed by atoms with Crippen molar-refractivity contribution in [2.75, 3.05) is 0 Å². The van der Waals surface area contributed by atoms with E-state index in [1.165, 1.54) is 33.9 Å². The van der Waals surface area contributed by atoms with Gasteiger partial charge >= 0.3 is 20.1 Å². The SMILES string of the molecule is Cn1c(-c2[c-]cc(-c3ccccc3-c3cc(-c4ccccc4-c4c[c-]c(-c5nc6c(n5C)C(C)(C)CC6(C)C)cc4)cc(-c4ccccc4-c4cnc(-c5[c-]cccc5)cc4-c4ccc(-c5ccccc5)cc4)c3)cc2)nc2c1C(C)(C)CC2(C)C.[Ir+3]. The predicted molar refractivity (Wildman–Crippen MR) is 355 cm³/mol. The molecule has 87 heavy (non-hydrogen) atoms. The molecule has 5 nitrogen and oxygen atoms in total. The maximum Gasteiger partial charge on any atom is 3.00 e. The molecule has 0 aliphatic heterocycles. The van der Waals surface area contributed by atoms with Crippen LogP contribution in [-0.4, -0.2) is 24.1 Å². The molecule has 3 aromatic heterocycles. The minimum atomic E-state index is 0. The van der Waals surface area contributed by atoms with Crippen molar-refractivity contribution in [1.82, 2.24) is 24.1 Å². The minimum Gasteiger partial charge on any atom is -0.370 e. The first-order chi connectivity index (χ1) is 41.4. The third-order valence-corrected chi connectivity index (χ3v) is 18.4. The molecule has 0 spiro atoms. The second kappa shape index (κ2) is 21.9. The molecule has 2 aliphatic rings. The van der Waals surface area contributed by atoms with Crippen LogP contribution in [0.2, 0.25) is 0 Å². The van der Waals surface area contributed by atoms with Crippen molar-refractivity contribution >= 4 is 0 Å². The predicted octanol–water partition coefficient (Wildman–Crippen LogP) is 20.2. The van der Waals surface area contributed by atoms with E-state index in [1.807, 2.05) is 18.2 Å². The van der Waals surface area contributed by atoms with Gasteiger partial charge in [-0.3, -0.25) is 9.97 Å². The standard InChI is InChI=1S/C81H70N5.Ir/c1-78(2)50-80(5,6)74-72(78)83-76(85(74)9)58-41-37-54(38-42-58)63-27-17-19-29-65(63)60-45-61(66-30-20-18-28-64(66)55-39-43-59(44-40-55)77-84-73-75(86(77)10)81(7,8)51-79(73,3)4)47-62(46-60)67-31-21-22-32-68(67)70-49-82-71(57-25-15-12-16-26-57)48-69(70)56-35-33-53(34-36-56)52-23-13-11-14-24-52;/h11-25,27-41,43,45-49H,50-51H2,1-10H3;/q-3;+3. The fraction of sp³-hybridized carbons (Fsp3) is 0.198. The Bertz CT molecular complexity index is 4380. The van der Waals surface area contributed by atoms with Crippen molar-refractivity contribution in [2.24, 2.45) is 14.1 Å². The Kier molecular flexibility index (Phi) is 14.4. The zero-order chi connectivity index (χ0) is 59.3. The Morgan fingerprint density at radius 3 is 1.18 bits per heavy atom. The number of aromatic nitrogens is 5. The third-order valence-electron chi connectivity index (χ3n) is 18.4. The number of nitrogens with zero attached hydrogens (tertiary/aromatic N) is 5. The monoisotopic (exact) mass is 1310 g/mol. The number of imidazole rings is 2. The number of fused-ring (bicyclic) bond motifs is 2. The second-order valence-corrected chi connectivity index (χ2v) is 26.5. The first-order valence-electron chi connectivity index (χ1n) is 30.2. The van der Waals surface area contributed by atoms with Gasteiger partial charge in [-0.2, -0.15) is 0 Å². The van der Waals surface area contributed by atoms with E-state index in [-0.39, 0.29) is 41.8 Å². The number of hydrogen-bond acceptors (Lipinski definition) is 3. The van der Waals surface area contributed by atoms with E-state index < -0.39 is 0 Å². The van der Waals surface area contributed by atoms with E-state index in [1.54, 1.807) is 0 Å². The van der Waals surface area contributed by atoms with E-state index in [0.717, 1.165) is 125 Å². The second-order valence-electron chi connectivity index (χ2n) is 26.5. The molecule has 0 radical (unpaired) electrons. The van der Waals surface area contributed by atoms with Crippen LogP contribution in [0.5, 0.6) is 0 Å². The van der Waals surface area contributed by atoms with Crippen molar-refractivity contribution in [2.45, 2.75) is 89.9 Å². The summed E-state index contributed by atoms with van der Waals surface area (Å²) in [4.78, 5) is 15.9. The molecular formula is C81H70IrN5. The summed E-state index contributed by atoms with van der Waals surface area (Å²) in [5, 5.41) is 0. The van der Waals surface area contributed by atoms with Gasteiger partial charge in [-0.1, -0.05) is 211 Å². The molecule has 0 bridgehead atoms. The van der Waals surface area contributed by atoms with Gasteiger partial charge in [0.1, 0.15) is 0 Å². The van der Waals surface area contributed by atoms with E-state index in [2.05, 4.69) is 297 Å². The number of benzene rings is 9. The normalized spacial score (nSPS) is 15.0. The third kappa shape index (κ3) is 10.2. The van der Waals surface area contributed by atoms with Crippen molar-refractivity contribution < 1.29 is 20.1 Å². The molecule has 3 heterocycles. The van der Waals surface area contributed by atoms with Gasteiger partial charge in [-0.15, -0.1) is 95.6 Å². The summed E-state index contributed by atoms with van der Waals surface area (Å²) in [6, 6.07) is 87.5. The van der Waals surface area contributed by atoms with Crippen LogP contribution in [0.4, 0.5) is 0 Å². The largest absolute Gasteiger partial charge is 3.00 e. The van der Waals surface area contributed by atoms with Crippen molar-refractivity contribution in [1.29, 1.82) is 0 Å². The molecule has 14 rings (SSSR count).